The Morgan fingerprint density at radius 3 is 3.20 bits per heavy atom. The minimum Gasteiger partial charge on any atom is -0.423 e. The average Bonchev–Trinajstić information content (AvgIpc) is 3.11. The predicted molar refractivity (Wildman–Crippen MR) is 78.5 cm³/mol. The van der Waals surface area contributed by atoms with Crippen LogP contribution in [-0.2, 0) is 0 Å². The number of anilines is 1. The van der Waals surface area contributed by atoms with E-state index in [2.05, 4.69) is 33.8 Å². The van der Waals surface area contributed by atoms with Gasteiger partial charge < -0.3 is 15.1 Å². The van der Waals surface area contributed by atoms with E-state index in [1.165, 1.54) is 19.2 Å². The van der Waals surface area contributed by atoms with E-state index in [0.717, 1.165) is 24.2 Å². The van der Waals surface area contributed by atoms with Gasteiger partial charge in [0.25, 0.3) is 0 Å². The fraction of sp³-hybridized carbons (Fsp3) is 0.467. The van der Waals surface area contributed by atoms with Crippen LogP contribution in [0.3, 0.4) is 0 Å². The normalized spacial score (nSPS) is 19.9. The lowest BCUT2D eigenvalue weighted by molar-refractivity contribution is 0.523. The number of rotatable bonds is 5. The number of aromatic nitrogens is 2. The van der Waals surface area contributed by atoms with E-state index in [-0.39, 0.29) is 0 Å². The molecular formula is C15H20N4O. The first kappa shape index (κ1) is 13.1. The Balaban J connectivity index is 1.63. The van der Waals surface area contributed by atoms with E-state index in [1.54, 1.807) is 0 Å². The molecule has 2 atom stereocenters. The summed E-state index contributed by atoms with van der Waals surface area (Å²) in [6.45, 7) is 3.38. The summed E-state index contributed by atoms with van der Waals surface area (Å²) in [5.41, 5.74) is 2.03. The van der Waals surface area contributed by atoms with Crippen LogP contribution in [0.4, 0.5) is 5.69 Å². The Hall–Kier alpha value is -1.88. The van der Waals surface area contributed by atoms with E-state index in [4.69, 9.17) is 4.42 Å². The Morgan fingerprint density at radius 1 is 1.50 bits per heavy atom. The van der Waals surface area contributed by atoms with Crippen LogP contribution in [0, 0.1) is 0 Å². The maximum Gasteiger partial charge on any atom is 0.247 e. The van der Waals surface area contributed by atoms with Gasteiger partial charge in [-0.15, -0.1) is 10.2 Å². The van der Waals surface area contributed by atoms with Gasteiger partial charge in [-0.3, -0.25) is 0 Å². The predicted octanol–water partition coefficient (Wildman–Crippen LogP) is 2.68. The first-order valence-electron chi connectivity index (χ1n) is 7.18. The first-order valence-corrected chi connectivity index (χ1v) is 7.18. The van der Waals surface area contributed by atoms with Crippen molar-refractivity contribution in [1.82, 2.24) is 15.5 Å². The highest BCUT2D eigenvalue weighted by atomic mass is 16.4. The van der Waals surface area contributed by atoms with Crippen molar-refractivity contribution in [2.45, 2.75) is 38.3 Å². The Morgan fingerprint density at radius 2 is 2.45 bits per heavy atom. The molecule has 5 nitrogen and oxygen atoms in total. The van der Waals surface area contributed by atoms with E-state index in [9.17, 15) is 0 Å². The van der Waals surface area contributed by atoms with Crippen molar-refractivity contribution in [3.8, 4) is 11.5 Å². The second-order valence-corrected chi connectivity index (χ2v) is 5.40. The summed E-state index contributed by atoms with van der Waals surface area (Å²) in [5.74, 6) is 0.554. The second kappa shape index (κ2) is 6.05. The van der Waals surface area contributed by atoms with Crippen molar-refractivity contribution in [2.24, 2.45) is 0 Å². The van der Waals surface area contributed by atoms with Gasteiger partial charge in [0.15, 0.2) is 0 Å². The molecule has 1 aliphatic heterocycles. The molecule has 2 unspecified atom stereocenters. The van der Waals surface area contributed by atoms with Gasteiger partial charge >= 0.3 is 0 Å². The molecule has 106 valence electrons. The molecular weight excluding hydrogens is 252 g/mol. The lowest BCUT2D eigenvalue weighted by Gasteiger charge is -2.19. The van der Waals surface area contributed by atoms with Crippen LogP contribution < -0.4 is 10.6 Å². The Labute approximate surface area is 118 Å². The molecule has 20 heavy (non-hydrogen) atoms. The highest BCUT2D eigenvalue weighted by molar-refractivity contribution is 5.61. The lowest BCUT2D eigenvalue weighted by atomic mass is 10.1. The molecule has 2 N–H and O–H groups in total. The summed E-state index contributed by atoms with van der Waals surface area (Å²) in [7, 11) is 0. The number of benzene rings is 1. The maximum absolute atomic E-state index is 5.23. The van der Waals surface area contributed by atoms with Crippen LogP contribution in [0.5, 0.6) is 0 Å². The monoisotopic (exact) mass is 272 g/mol. The smallest absolute Gasteiger partial charge is 0.247 e. The molecule has 1 aliphatic rings. The number of nitrogens with zero attached hydrogens (tertiary/aromatic N) is 2. The minimum absolute atomic E-state index is 0.434. The quantitative estimate of drug-likeness (QED) is 0.876. The van der Waals surface area contributed by atoms with E-state index >= 15 is 0 Å². The van der Waals surface area contributed by atoms with E-state index < -0.39 is 0 Å². The molecule has 5 heteroatoms. The van der Waals surface area contributed by atoms with Gasteiger partial charge in [-0.25, -0.2) is 0 Å². The van der Waals surface area contributed by atoms with Gasteiger partial charge in [0.1, 0.15) is 0 Å². The Kier molecular flexibility index (Phi) is 3.97. The second-order valence-electron chi connectivity index (χ2n) is 5.40. The van der Waals surface area contributed by atoms with Gasteiger partial charge in [0.05, 0.1) is 0 Å². The Bertz CT molecular complexity index is 535. The summed E-state index contributed by atoms with van der Waals surface area (Å²) < 4.78 is 5.23. The molecule has 0 saturated carbocycles. The van der Waals surface area contributed by atoms with Crippen molar-refractivity contribution in [1.29, 1.82) is 0 Å². The average molecular weight is 272 g/mol. The van der Waals surface area contributed by atoms with Crippen molar-refractivity contribution in [3.05, 3.63) is 30.7 Å². The van der Waals surface area contributed by atoms with Crippen molar-refractivity contribution in [2.75, 3.05) is 11.9 Å². The molecule has 2 aromatic rings. The van der Waals surface area contributed by atoms with Crippen LogP contribution in [-0.4, -0.2) is 28.8 Å². The third kappa shape index (κ3) is 3.17. The van der Waals surface area contributed by atoms with Gasteiger partial charge in [-0.2, -0.15) is 0 Å². The molecule has 1 saturated heterocycles. The van der Waals surface area contributed by atoms with Gasteiger partial charge in [0, 0.05) is 23.3 Å². The molecule has 0 aliphatic carbocycles. The number of nitrogens with one attached hydrogen (secondary N) is 2. The summed E-state index contributed by atoms with van der Waals surface area (Å²) >= 11 is 0. The molecule has 0 bridgehead atoms. The molecule has 3 rings (SSSR count). The van der Waals surface area contributed by atoms with Crippen LogP contribution in [0.15, 0.2) is 35.1 Å². The lowest BCUT2D eigenvalue weighted by Crippen LogP contribution is -2.29. The fourth-order valence-electron chi connectivity index (χ4n) is 2.77. The molecule has 1 aromatic heterocycles. The van der Waals surface area contributed by atoms with Gasteiger partial charge in [-0.1, -0.05) is 6.07 Å². The van der Waals surface area contributed by atoms with Crippen molar-refractivity contribution >= 4 is 5.69 Å². The zero-order valence-corrected chi connectivity index (χ0v) is 11.7. The SMILES string of the molecule is CC(CC1CCCN1)Nc1cccc(-c2nnco2)c1. The molecule has 0 amide bonds. The minimum atomic E-state index is 0.434. The third-order valence-corrected chi connectivity index (χ3v) is 3.68. The molecule has 1 aromatic carbocycles. The van der Waals surface area contributed by atoms with Crippen LogP contribution >= 0.6 is 0 Å². The summed E-state index contributed by atoms with van der Waals surface area (Å²) in [6.07, 6.45) is 5.08. The fourth-order valence-corrected chi connectivity index (χ4v) is 2.77. The topological polar surface area (TPSA) is 63.0 Å². The zero-order valence-electron chi connectivity index (χ0n) is 11.7. The van der Waals surface area contributed by atoms with Crippen LogP contribution in [0.2, 0.25) is 0 Å². The maximum atomic E-state index is 5.23. The van der Waals surface area contributed by atoms with Gasteiger partial charge in [-0.05, 0) is 50.9 Å². The molecule has 1 fully saturated rings. The largest absolute Gasteiger partial charge is 0.423 e. The van der Waals surface area contributed by atoms with Crippen molar-refractivity contribution in [3.63, 3.8) is 0 Å². The number of hydrogen-bond donors (Lipinski definition) is 2. The molecule has 0 radical (unpaired) electrons. The standard InChI is InChI=1S/C15H20N4O/c1-11(8-13-6-3-7-16-13)18-14-5-2-4-12(9-14)15-19-17-10-20-15/h2,4-5,9-11,13,16,18H,3,6-8H2,1H3. The molecule has 2 heterocycles. The summed E-state index contributed by atoms with van der Waals surface area (Å²) in [5, 5.41) is 14.7. The molecule has 0 spiro atoms. The first-order chi connectivity index (χ1) is 9.81. The van der Waals surface area contributed by atoms with Crippen LogP contribution in [0.25, 0.3) is 11.5 Å². The number of hydrogen-bond acceptors (Lipinski definition) is 5. The summed E-state index contributed by atoms with van der Waals surface area (Å²) in [6, 6.07) is 9.18. The van der Waals surface area contributed by atoms with Gasteiger partial charge in [0.2, 0.25) is 12.3 Å². The van der Waals surface area contributed by atoms with E-state index in [0.29, 0.717) is 18.0 Å². The zero-order chi connectivity index (χ0) is 13.8. The summed E-state index contributed by atoms with van der Waals surface area (Å²) in [4.78, 5) is 0. The highest BCUT2D eigenvalue weighted by Gasteiger charge is 2.17. The van der Waals surface area contributed by atoms with Crippen molar-refractivity contribution < 1.29 is 4.42 Å². The van der Waals surface area contributed by atoms with E-state index in [1.807, 2.05) is 18.2 Å². The highest BCUT2D eigenvalue weighted by Crippen LogP contribution is 2.21. The third-order valence-electron chi connectivity index (χ3n) is 3.68. The van der Waals surface area contributed by atoms with Crippen LogP contribution in [0.1, 0.15) is 26.2 Å².